The number of amides is 1. The number of benzene rings is 2. The van der Waals surface area contributed by atoms with Crippen LogP contribution in [0.4, 0.5) is 8.78 Å². The molecule has 0 saturated carbocycles. The molecule has 0 aromatic heterocycles. The first-order valence-corrected chi connectivity index (χ1v) is 8.19. The fraction of sp³-hybridized carbons (Fsp3) is 0.316. The van der Waals surface area contributed by atoms with Gasteiger partial charge in [0.1, 0.15) is 5.75 Å². The molecule has 2 aromatic rings. The monoisotopic (exact) mass is 382 g/mol. The van der Waals surface area contributed by atoms with Crippen LogP contribution in [0.25, 0.3) is 0 Å². The van der Waals surface area contributed by atoms with Gasteiger partial charge in [0.15, 0.2) is 11.6 Å². The normalized spacial score (nSPS) is 19.3. The summed E-state index contributed by atoms with van der Waals surface area (Å²) in [6, 6.07) is 10.6. The van der Waals surface area contributed by atoms with Crippen LogP contribution >= 0.6 is 12.4 Å². The molecule has 1 fully saturated rings. The van der Waals surface area contributed by atoms with Gasteiger partial charge in [-0.15, -0.1) is 12.4 Å². The molecule has 2 atom stereocenters. The zero-order valence-corrected chi connectivity index (χ0v) is 15.1. The maximum atomic E-state index is 13.6. The number of rotatable bonds is 4. The van der Waals surface area contributed by atoms with Crippen LogP contribution < -0.4 is 15.4 Å². The van der Waals surface area contributed by atoms with Crippen LogP contribution in [0.2, 0.25) is 0 Å². The van der Waals surface area contributed by atoms with E-state index in [1.807, 2.05) is 0 Å². The summed E-state index contributed by atoms with van der Waals surface area (Å²) < 4.78 is 31.8. The highest BCUT2D eigenvalue weighted by atomic mass is 35.5. The average Bonchev–Trinajstić information content (AvgIpc) is 2.64. The largest absolute Gasteiger partial charge is 0.497 e. The zero-order chi connectivity index (χ0) is 17.8. The van der Waals surface area contributed by atoms with Crippen LogP contribution in [0.1, 0.15) is 28.3 Å². The summed E-state index contributed by atoms with van der Waals surface area (Å²) in [5.74, 6) is -1.33. The number of methoxy groups -OCH3 is 1. The molecule has 2 N–H and O–H groups in total. The Kier molecular flexibility index (Phi) is 6.94. The predicted octanol–water partition coefficient (Wildman–Crippen LogP) is 3.27. The van der Waals surface area contributed by atoms with Crippen molar-refractivity contribution in [2.45, 2.75) is 18.4 Å². The van der Waals surface area contributed by atoms with Crippen molar-refractivity contribution in [1.29, 1.82) is 0 Å². The van der Waals surface area contributed by atoms with Crippen molar-refractivity contribution < 1.29 is 18.3 Å². The Morgan fingerprint density at radius 1 is 1.15 bits per heavy atom. The van der Waals surface area contributed by atoms with E-state index in [9.17, 15) is 13.6 Å². The average molecular weight is 383 g/mol. The number of carbonyl (C=O) groups is 1. The van der Waals surface area contributed by atoms with E-state index < -0.39 is 11.6 Å². The Labute approximate surface area is 157 Å². The quantitative estimate of drug-likeness (QED) is 0.853. The van der Waals surface area contributed by atoms with Gasteiger partial charge < -0.3 is 15.4 Å². The maximum absolute atomic E-state index is 13.6. The van der Waals surface area contributed by atoms with Gasteiger partial charge in [0.2, 0.25) is 0 Å². The Bertz CT molecular complexity index is 756. The lowest BCUT2D eigenvalue weighted by atomic mass is 9.85. The molecule has 2 unspecified atom stereocenters. The SMILES string of the molecule is COc1ccc(C(=O)NC2CNCCC2c2ccc(F)c(F)c2)cc1.Cl. The molecule has 3 rings (SSSR count). The minimum Gasteiger partial charge on any atom is -0.497 e. The van der Waals surface area contributed by atoms with Gasteiger partial charge in [0, 0.05) is 24.1 Å². The van der Waals surface area contributed by atoms with Crippen LogP contribution in [0.15, 0.2) is 42.5 Å². The van der Waals surface area contributed by atoms with Crippen LogP contribution in [0.5, 0.6) is 5.75 Å². The molecule has 1 heterocycles. The molecule has 0 bridgehead atoms. The molecule has 1 aliphatic heterocycles. The van der Waals surface area contributed by atoms with Gasteiger partial charge in [0.05, 0.1) is 7.11 Å². The molecule has 0 aliphatic carbocycles. The number of carbonyl (C=O) groups excluding carboxylic acids is 1. The lowest BCUT2D eigenvalue weighted by Crippen LogP contribution is -2.50. The Balaban J connectivity index is 0.00000243. The van der Waals surface area contributed by atoms with Crippen molar-refractivity contribution >= 4 is 18.3 Å². The summed E-state index contributed by atoms with van der Waals surface area (Å²) in [4.78, 5) is 12.5. The van der Waals surface area contributed by atoms with Crippen molar-refractivity contribution in [3.05, 3.63) is 65.2 Å². The first kappa shape index (κ1) is 20.1. The number of hydrogen-bond acceptors (Lipinski definition) is 3. The first-order chi connectivity index (χ1) is 12.1. The third-order valence-electron chi connectivity index (χ3n) is 4.52. The van der Waals surface area contributed by atoms with Crippen molar-refractivity contribution in [3.63, 3.8) is 0 Å². The standard InChI is InChI=1S/C19H20F2N2O2.ClH/c1-25-14-5-2-12(3-6-14)19(24)23-18-11-22-9-8-15(18)13-4-7-16(20)17(21)10-13;/h2-7,10,15,18,22H,8-9,11H2,1H3,(H,23,24);1H. The van der Waals surface area contributed by atoms with Gasteiger partial charge in [-0.2, -0.15) is 0 Å². The van der Waals surface area contributed by atoms with Crippen molar-refractivity contribution in [1.82, 2.24) is 10.6 Å². The zero-order valence-electron chi connectivity index (χ0n) is 14.3. The number of ether oxygens (including phenoxy) is 1. The van der Waals surface area contributed by atoms with E-state index in [0.717, 1.165) is 19.0 Å². The van der Waals surface area contributed by atoms with E-state index in [-0.39, 0.29) is 30.3 Å². The molecular formula is C19H21ClF2N2O2. The molecule has 1 saturated heterocycles. The van der Waals surface area contributed by atoms with Crippen molar-refractivity contribution in [2.24, 2.45) is 0 Å². The minimum absolute atomic E-state index is 0. The van der Waals surface area contributed by atoms with Crippen LogP contribution in [-0.2, 0) is 0 Å². The number of hydrogen-bond donors (Lipinski definition) is 2. The van der Waals surface area contributed by atoms with Gasteiger partial charge in [0.25, 0.3) is 5.91 Å². The van der Waals surface area contributed by atoms with Crippen molar-refractivity contribution in [2.75, 3.05) is 20.2 Å². The lowest BCUT2D eigenvalue weighted by molar-refractivity contribution is 0.0924. The molecule has 26 heavy (non-hydrogen) atoms. The van der Waals surface area contributed by atoms with E-state index in [2.05, 4.69) is 10.6 Å². The summed E-state index contributed by atoms with van der Waals surface area (Å²) in [6.07, 6.45) is 0.735. The van der Waals surface area contributed by atoms with E-state index >= 15 is 0 Å². The van der Waals surface area contributed by atoms with Crippen LogP contribution in [0, 0.1) is 11.6 Å². The van der Waals surface area contributed by atoms with Crippen molar-refractivity contribution in [3.8, 4) is 5.75 Å². The highest BCUT2D eigenvalue weighted by molar-refractivity contribution is 5.94. The van der Waals surface area contributed by atoms with Gasteiger partial charge in [-0.1, -0.05) is 6.07 Å². The number of halogens is 3. The smallest absolute Gasteiger partial charge is 0.251 e. The second kappa shape index (κ2) is 8.96. The molecular weight excluding hydrogens is 362 g/mol. The number of piperidine rings is 1. The van der Waals surface area contributed by atoms with E-state index in [0.29, 0.717) is 23.4 Å². The van der Waals surface area contributed by atoms with Gasteiger partial charge in [-0.3, -0.25) is 4.79 Å². The summed E-state index contributed by atoms with van der Waals surface area (Å²) in [7, 11) is 1.56. The second-order valence-electron chi connectivity index (χ2n) is 6.08. The first-order valence-electron chi connectivity index (χ1n) is 8.19. The summed E-state index contributed by atoms with van der Waals surface area (Å²) in [5, 5.41) is 6.23. The van der Waals surface area contributed by atoms with Crippen LogP contribution in [-0.4, -0.2) is 32.1 Å². The minimum atomic E-state index is -0.865. The highest BCUT2D eigenvalue weighted by Gasteiger charge is 2.28. The van der Waals surface area contributed by atoms with E-state index in [4.69, 9.17) is 4.74 Å². The molecule has 7 heteroatoms. The second-order valence-corrected chi connectivity index (χ2v) is 6.08. The molecule has 1 aliphatic rings. The van der Waals surface area contributed by atoms with Crippen LogP contribution in [0.3, 0.4) is 0 Å². The lowest BCUT2D eigenvalue weighted by Gasteiger charge is -2.33. The number of nitrogens with one attached hydrogen (secondary N) is 2. The van der Waals surface area contributed by atoms with Gasteiger partial charge in [-0.25, -0.2) is 8.78 Å². The maximum Gasteiger partial charge on any atom is 0.251 e. The summed E-state index contributed by atoms with van der Waals surface area (Å²) in [5.41, 5.74) is 1.22. The molecule has 140 valence electrons. The predicted molar refractivity (Wildman–Crippen MR) is 98.1 cm³/mol. The van der Waals surface area contributed by atoms with E-state index in [1.54, 1.807) is 37.4 Å². The Morgan fingerprint density at radius 3 is 2.54 bits per heavy atom. The summed E-state index contributed by atoms with van der Waals surface area (Å²) in [6.45, 7) is 1.34. The molecule has 4 nitrogen and oxygen atoms in total. The highest BCUT2D eigenvalue weighted by Crippen LogP contribution is 2.27. The molecule has 0 radical (unpaired) electrons. The van der Waals surface area contributed by atoms with Gasteiger partial charge >= 0.3 is 0 Å². The fourth-order valence-electron chi connectivity index (χ4n) is 3.15. The molecule has 2 aromatic carbocycles. The third-order valence-corrected chi connectivity index (χ3v) is 4.52. The molecule has 0 spiro atoms. The van der Waals surface area contributed by atoms with Gasteiger partial charge in [-0.05, 0) is 54.9 Å². The third kappa shape index (κ3) is 4.51. The summed E-state index contributed by atoms with van der Waals surface area (Å²) >= 11 is 0. The Morgan fingerprint density at radius 2 is 1.88 bits per heavy atom. The topological polar surface area (TPSA) is 50.4 Å². The Hall–Kier alpha value is -2.18. The van der Waals surface area contributed by atoms with E-state index in [1.165, 1.54) is 6.07 Å². The fourth-order valence-corrected chi connectivity index (χ4v) is 3.15. The molecule has 1 amide bonds.